The van der Waals surface area contributed by atoms with Gasteiger partial charge in [-0.1, -0.05) is 37.3 Å². The maximum atomic E-state index is 12.0. The van der Waals surface area contributed by atoms with E-state index in [-0.39, 0.29) is 11.9 Å². The Bertz CT molecular complexity index is 444. The lowest BCUT2D eigenvalue weighted by molar-refractivity contribution is -0.123. The number of likely N-dealkylation sites (tertiary alicyclic amines) is 1. The first-order valence-electron chi connectivity index (χ1n) is 8.20. The third kappa shape index (κ3) is 4.31. The molecule has 1 aromatic carbocycles. The Morgan fingerprint density at radius 3 is 2.67 bits per heavy atom. The third-order valence-electron chi connectivity index (χ3n) is 4.34. The van der Waals surface area contributed by atoms with E-state index in [1.807, 2.05) is 13.8 Å². The zero-order valence-corrected chi connectivity index (χ0v) is 13.5. The van der Waals surface area contributed by atoms with Crippen LogP contribution in [-0.4, -0.2) is 36.0 Å². The summed E-state index contributed by atoms with van der Waals surface area (Å²) in [4.78, 5) is 14.4. The maximum Gasteiger partial charge on any atom is 0.234 e. The van der Waals surface area contributed by atoms with Gasteiger partial charge in [-0.05, 0) is 51.1 Å². The van der Waals surface area contributed by atoms with Gasteiger partial charge in [0.15, 0.2) is 0 Å². The van der Waals surface area contributed by atoms with Crippen LogP contribution < -0.4 is 5.32 Å². The molecule has 1 aliphatic heterocycles. The molecule has 0 aromatic heterocycles. The average molecular weight is 288 g/mol. The van der Waals surface area contributed by atoms with Gasteiger partial charge in [0.25, 0.3) is 0 Å². The van der Waals surface area contributed by atoms with Crippen molar-refractivity contribution in [1.82, 2.24) is 10.2 Å². The van der Waals surface area contributed by atoms with E-state index in [9.17, 15) is 4.79 Å². The molecule has 1 saturated heterocycles. The molecule has 1 aliphatic rings. The van der Waals surface area contributed by atoms with Crippen LogP contribution in [0.1, 0.15) is 51.5 Å². The maximum absolute atomic E-state index is 12.0. The summed E-state index contributed by atoms with van der Waals surface area (Å²) in [5.74, 6) is 0.681. The standard InChI is InChI=1S/C18H28N2O/c1-4-16(15-9-6-5-7-10-15)17-11-8-12-20(17)13-18(21)19-14(2)3/h5-7,9-10,14,16-17H,4,8,11-13H2,1-3H3,(H,19,21)/t16-,17-/m1/s1. The van der Waals surface area contributed by atoms with Crippen molar-refractivity contribution in [2.75, 3.05) is 13.1 Å². The lowest BCUT2D eigenvalue weighted by Crippen LogP contribution is -2.43. The zero-order valence-electron chi connectivity index (χ0n) is 13.5. The molecule has 1 aromatic rings. The van der Waals surface area contributed by atoms with Gasteiger partial charge in [-0.2, -0.15) is 0 Å². The quantitative estimate of drug-likeness (QED) is 0.872. The Kier molecular flexibility index (Phi) is 5.80. The molecule has 3 nitrogen and oxygen atoms in total. The highest BCUT2D eigenvalue weighted by Crippen LogP contribution is 2.33. The molecule has 0 spiro atoms. The fourth-order valence-corrected chi connectivity index (χ4v) is 3.49. The zero-order chi connectivity index (χ0) is 15.2. The summed E-state index contributed by atoms with van der Waals surface area (Å²) in [6.45, 7) is 7.85. The van der Waals surface area contributed by atoms with Gasteiger partial charge in [0, 0.05) is 12.1 Å². The molecular weight excluding hydrogens is 260 g/mol. The number of hydrogen-bond acceptors (Lipinski definition) is 2. The van der Waals surface area contributed by atoms with Crippen LogP contribution in [0.4, 0.5) is 0 Å². The second-order valence-corrected chi connectivity index (χ2v) is 6.33. The molecule has 3 heteroatoms. The number of nitrogens with one attached hydrogen (secondary N) is 1. The van der Waals surface area contributed by atoms with Crippen LogP contribution in [0, 0.1) is 0 Å². The fourth-order valence-electron chi connectivity index (χ4n) is 3.49. The first kappa shape index (κ1) is 16.0. The number of nitrogens with zero attached hydrogens (tertiary/aromatic N) is 1. The number of amides is 1. The second kappa shape index (κ2) is 7.60. The predicted molar refractivity (Wildman–Crippen MR) is 87.3 cm³/mol. The minimum absolute atomic E-state index is 0.153. The number of hydrogen-bond donors (Lipinski definition) is 1. The highest BCUT2D eigenvalue weighted by atomic mass is 16.2. The summed E-state index contributed by atoms with van der Waals surface area (Å²) < 4.78 is 0. The Morgan fingerprint density at radius 2 is 2.05 bits per heavy atom. The van der Waals surface area contributed by atoms with Gasteiger partial charge in [0.2, 0.25) is 5.91 Å². The van der Waals surface area contributed by atoms with Crippen LogP contribution in [0.5, 0.6) is 0 Å². The minimum Gasteiger partial charge on any atom is -0.353 e. The average Bonchev–Trinajstić information content (AvgIpc) is 2.88. The molecule has 0 unspecified atom stereocenters. The van der Waals surface area contributed by atoms with Crippen molar-refractivity contribution in [2.24, 2.45) is 0 Å². The van der Waals surface area contributed by atoms with Gasteiger partial charge in [0.05, 0.1) is 6.54 Å². The van der Waals surface area contributed by atoms with Crippen molar-refractivity contribution < 1.29 is 4.79 Å². The van der Waals surface area contributed by atoms with Crippen LogP contribution in [-0.2, 0) is 4.79 Å². The Balaban J connectivity index is 2.04. The molecule has 1 fully saturated rings. The molecule has 116 valence electrons. The molecule has 0 radical (unpaired) electrons. The highest BCUT2D eigenvalue weighted by Gasteiger charge is 2.32. The number of carbonyl (C=O) groups excluding carboxylic acids is 1. The molecule has 1 amide bonds. The lowest BCUT2D eigenvalue weighted by Gasteiger charge is -2.31. The molecular formula is C18H28N2O. The van der Waals surface area contributed by atoms with E-state index in [0.29, 0.717) is 18.5 Å². The molecule has 0 bridgehead atoms. The summed E-state index contributed by atoms with van der Waals surface area (Å²) in [5, 5.41) is 3.01. The monoisotopic (exact) mass is 288 g/mol. The van der Waals surface area contributed by atoms with Crippen molar-refractivity contribution >= 4 is 5.91 Å². The van der Waals surface area contributed by atoms with E-state index >= 15 is 0 Å². The summed E-state index contributed by atoms with van der Waals surface area (Å²) in [5.41, 5.74) is 1.40. The van der Waals surface area contributed by atoms with E-state index < -0.39 is 0 Å². The first-order valence-corrected chi connectivity index (χ1v) is 8.20. The number of rotatable bonds is 6. The fraction of sp³-hybridized carbons (Fsp3) is 0.611. The van der Waals surface area contributed by atoms with Gasteiger partial charge in [-0.25, -0.2) is 0 Å². The molecule has 0 saturated carbocycles. The largest absolute Gasteiger partial charge is 0.353 e. The second-order valence-electron chi connectivity index (χ2n) is 6.33. The van der Waals surface area contributed by atoms with Gasteiger partial charge in [-0.3, -0.25) is 9.69 Å². The van der Waals surface area contributed by atoms with Crippen molar-refractivity contribution in [3.8, 4) is 0 Å². The third-order valence-corrected chi connectivity index (χ3v) is 4.34. The van der Waals surface area contributed by atoms with Crippen LogP contribution in [0.25, 0.3) is 0 Å². The predicted octanol–water partition coefficient (Wildman–Crippen LogP) is 3.17. The van der Waals surface area contributed by atoms with Gasteiger partial charge >= 0.3 is 0 Å². The Hall–Kier alpha value is -1.35. The van der Waals surface area contributed by atoms with Crippen molar-refractivity contribution in [3.05, 3.63) is 35.9 Å². The molecule has 2 atom stereocenters. The van der Waals surface area contributed by atoms with Gasteiger partial charge < -0.3 is 5.32 Å². The van der Waals surface area contributed by atoms with Crippen LogP contribution in [0.15, 0.2) is 30.3 Å². The normalized spacial score (nSPS) is 20.7. The molecule has 21 heavy (non-hydrogen) atoms. The summed E-state index contributed by atoms with van der Waals surface area (Å²) in [6, 6.07) is 11.5. The number of benzene rings is 1. The lowest BCUT2D eigenvalue weighted by atomic mass is 9.87. The highest BCUT2D eigenvalue weighted by molar-refractivity contribution is 5.78. The van der Waals surface area contributed by atoms with E-state index in [0.717, 1.165) is 13.0 Å². The van der Waals surface area contributed by atoms with Crippen LogP contribution in [0.2, 0.25) is 0 Å². The van der Waals surface area contributed by atoms with Gasteiger partial charge in [-0.15, -0.1) is 0 Å². The van der Waals surface area contributed by atoms with E-state index in [1.165, 1.54) is 18.4 Å². The number of carbonyl (C=O) groups is 1. The van der Waals surface area contributed by atoms with E-state index in [1.54, 1.807) is 0 Å². The van der Waals surface area contributed by atoms with Gasteiger partial charge in [0.1, 0.15) is 0 Å². The smallest absolute Gasteiger partial charge is 0.234 e. The molecule has 0 aliphatic carbocycles. The van der Waals surface area contributed by atoms with E-state index in [4.69, 9.17) is 0 Å². The van der Waals surface area contributed by atoms with Crippen LogP contribution in [0.3, 0.4) is 0 Å². The molecule has 2 rings (SSSR count). The topological polar surface area (TPSA) is 32.3 Å². The summed E-state index contributed by atoms with van der Waals surface area (Å²) in [7, 11) is 0. The molecule has 1 N–H and O–H groups in total. The Morgan fingerprint density at radius 1 is 1.33 bits per heavy atom. The van der Waals surface area contributed by atoms with Crippen molar-refractivity contribution in [3.63, 3.8) is 0 Å². The Labute approximate surface area is 128 Å². The van der Waals surface area contributed by atoms with Crippen LogP contribution >= 0.6 is 0 Å². The van der Waals surface area contributed by atoms with E-state index in [2.05, 4.69) is 47.5 Å². The minimum atomic E-state index is 0.153. The molecule has 1 heterocycles. The van der Waals surface area contributed by atoms with Crippen molar-refractivity contribution in [1.29, 1.82) is 0 Å². The summed E-state index contributed by atoms with van der Waals surface area (Å²) in [6.07, 6.45) is 3.52. The van der Waals surface area contributed by atoms with Crippen molar-refractivity contribution in [2.45, 2.75) is 58.0 Å². The first-order chi connectivity index (χ1) is 10.1. The summed E-state index contributed by atoms with van der Waals surface area (Å²) >= 11 is 0. The SMILES string of the molecule is CC[C@H](c1ccccc1)[C@H]1CCCN1CC(=O)NC(C)C.